The van der Waals surface area contributed by atoms with Crippen LogP contribution in [0.2, 0.25) is 0 Å². The van der Waals surface area contributed by atoms with Crippen molar-refractivity contribution in [3.05, 3.63) is 64.0 Å². The summed E-state index contributed by atoms with van der Waals surface area (Å²) >= 11 is 0. The highest BCUT2D eigenvalue weighted by atomic mass is 16.1. The Bertz CT molecular complexity index is 969. The number of nitrogens with zero attached hydrogens (tertiary/aromatic N) is 4. The first-order valence-corrected chi connectivity index (χ1v) is 8.40. The van der Waals surface area contributed by atoms with E-state index in [1.165, 1.54) is 0 Å². The summed E-state index contributed by atoms with van der Waals surface area (Å²) in [6.45, 7) is 6.71. The zero-order valence-corrected chi connectivity index (χ0v) is 14.4. The Balaban J connectivity index is 1.70. The van der Waals surface area contributed by atoms with Crippen LogP contribution in [0.1, 0.15) is 30.0 Å². The molecular formula is C19H22N4O. The molecule has 0 radical (unpaired) electrons. The molecule has 1 unspecified atom stereocenters. The summed E-state index contributed by atoms with van der Waals surface area (Å²) in [4.78, 5) is 19.7. The Labute approximate surface area is 141 Å². The third-order valence-corrected chi connectivity index (χ3v) is 5.06. The van der Waals surface area contributed by atoms with E-state index in [0.29, 0.717) is 6.54 Å². The molecule has 1 aromatic carbocycles. The first-order chi connectivity index (χ1) is 11.5. The quantitative estimate of drug-likeness (QED) is 0.728. The van der Waals surface area contributed by atoms with Gasteiger partial charge in [0.2, 0.25) is 0 Å². The van der Waals surface area contributed by atoms with Gasteiger partial charge in [-0.05, 0) is 31.4 Å². The van der Waals surface area contributed by atoms with Crippen LogP contribution >= 0.6 is 0 Å². The molecule has 0 N–H and O–H groups in total. The minimum absolute atomic E-state index is 0.0889. The van der Waals surface area contributed by atoms with Crippen LogP contribution in [-0.4, -0.2) is 25.6 Å². The highest BCUT2D eigenvalue weighted by Crippen LogP contribution is 2.26. The highest BCUT2D eigenvalue weighted by molar-refractivity contribution is 5.79. The Morgan fingerprint density at radius 3 is 2.88 bits per heavy atom. The standard InChI is InChI=1S/C19H22N4O/c1-13-11-23-9-8-22(14(2)18(23)20-13)12-16-10-15-6-4-5-7-17(15)21(3)19(16)24/h4-7,10-11,14H,8-9,12H2,1-3H3. The van der Waals surface area contributed by atoms with E-state index in [9.17, 15) is 4.79 Å². The van der Waals surface area contributed by atoms with E-state index in [0.717, 1.165) is 41.1 Å². The summed E-state index contributed by atoms with van der Waals surface area (Å²) in [5.74, 6) is 1.09. The number of aromatic nitrogens is 3. The second-order valence-electron chi connectivity index (χ2n) is 6.67. The van der Waals surface area contributed by atoms with Gasteiger partial charge in [-0.2, -0.15) is 0 Å². The molecule has 0 aliphatic carbocycles. The van der Waals surface area contributed by atoms with Crippen molar-refractivity contribution < 1.29 is 0 Å². The van der Waals surface area contributed by atoms with Gasteiger partial charge < -0.3 is 9.13 Å². The van der Waals surface area contributed by atoms with E-state index in [2.05, 4.69) is 33.6 Å². The highest BCUT2D eigenvalue weighted by Gasteiger charge is 2.26. The van der Waals surface area contributed by atoms with E-state index >= 15 is 0 Å². The van der Waals surface area contributed by atoms with Crippen LogP contribution < -0.4 is 5.56 Å². The number of imidazole rings is 1. The summed E-state index contributed by atoms with van der Waals surface area (Å²) in [6.07, 6.45) is 2.11. The van der Waals surface area contributed by atoms with Crippen molar-refractivity contribution in [2.24, 2.45) is 7.05 Å². The smallest absolute Gasteiger partial charge is 0.255 e. The molecule has 124 valence electrons. The third kappa shape index (κ3) is 2.36. The zero-order valence-electron chi connectivity index (χ0n) is 14.4. The van der Waals surface area contributed by atoms with Crippen LogP contribution in [0.4, 0.5) is 0 Å². The Kier molecular flexibility index (Phi) is 3.53. The molecule has 0 amide bonds. The maximum atomic E-state index is 12.7. The van der Waals surface area contributed by atoms with Gasteiger partial charge in [-0.3, -0.25) is 9.69 Å². The molecule has 0 bridgehead atoms. The van der Waals surface area contributed by atoms with Gasteiger partial charge in [0.1, 0.15) is 5.82 Å². The lowest BCUT2D eigenvalue weighted by Crippen LogP contribution is -2.38. The van der Waals surface area contributed by atoms with Crippen LogP contribution in [0.25, 0.3) is 10.9 Å². The van der Waals surface area contributed by atoms with Crippen molar-refractivity contribution >= 4 is 10.9 Å². The van der Waals surface area contributed by atoms with E-state index in [-0.39, 0.29) is 11.6 Å². The fourth-order valence-electron chi connectivity index (χ4n) is 3.71. The molecule has 1 aliphatic rings. The number of para-hydroxylation sites is 1. The predicted octanol–water partition coefficient (Wildman–Crippen LogP) is 2.62. The number of benzene rings is 1. The van der Waals surface area contributed by atoms with Gasteiger partial charge in [-0.25, -0.2) is 4.98 Å². The summed E-state index contributed by atoms with van der Waals surface area (Å²) in [5, 5.41) is 1.11. The van der Waals surface area contributed by atoms with Crippen LogP contribution in [0.5, 0.6) is 0 Å². The lowest BCUT2D eigenvalue weighted by atomic mass is 10.1. The van der Waals surface area contributed by atoms with Crippen molar-refractivity contribution in [1.82, 2.24) is 19.0 Å². The lowest BCUT2D eigenvalue weighted by Gasteiger charge is -2.33. The Morgan fingerprint density at radius 2 is 2.04 bits per heavy atom. The topological polar surface area (TPSA) is 43.1 Å². The first-order valence-electron chi connectivity index (χ1n) is 8.40. The molecule has 3 aromatic rings. The molecule has 24 heavy (non-hydrogen) atoms. The number of pyridine rings is 1. The third-order valence-electron chi connectivity index (χ3n) is 5.06. The average Bonchev–Trinajstić information content (AvgIpc) is 2.96. The molecule has 1 aliphatic heterocycles. The normalized spacial score (nSPS) is 18.0. The number of aryl methyl sites for hydroxylation is 2. The van der Waals surface area contributed by atoms with E-state index < -0.39 is 0 Å². The van der Waals surface area contributed by atoms with E-state index in [4.69, 9.17) is 0 Å². The fraction of sp³-hybridized carbons (Fsp3) is 0.368. The maximum Gasteiger partial charge on any atom is 0.255 e. The molecule has 1 atom stereocenters. The second kappa shape index (κ2) is 5.60. The number of fused-ring (bicyclic) bond motifs is 2. The number of hydrogen-bond acceptors (Lipinski definition) is 3. The molecule has 0 fully saturated rings. The van der Waals surface area contributed by atoms with E-state index in [1.54, 1.807) is 4.57 Å². The van der Waals surface area contributed by atoms with Gasteiger partial charge in [0.05, 0.1) is 17.3 Å². The first kappa shape index (κ1) is 15.1. The Morgan fingerprint density at radius 1 is 1.25 bits per heavy atom. The van der Waals surface area contributed by atoms with Gasteiger partial charge in [-0.1, -0.05) is 18.2 Å². The molecule has 2 aromatic heterocycles. The van der Waals surface area contributed by atoms with Crippen molar-refractivity contribution in [3.8, 4) is 0 Å². The van der Waals surface area contributed by atoms with Crippen LogP contribution in [0.3, 0.4) is 0 Å². The van der Waals surface area contributed by atoms with Crippen molar-refractivity contribution in [2.45, 2.75) is 33.0 Å². The summed E-state index contributed by atoms with van der Waals surface area (Å²) in [7, 11) is 1.85. The van der Waals surface area contributed by atoms with Gasteiger partial charge in [0.25, 0.3) is 5.56 Å². The maximum absolute atomic E-state index is 12.7. The summed E-state index contributed by atoms with van der Waals surface area (Å²) < 4.78 is 3.99. The number of hydrogen-bond donors (Lipinski definition) is 0. The summed E-state index contributed by atoms with van der Waals surface area (Å²) in [6, 6.07) is 10.3. The average molecular weight is 322 g/mol. The predicted molar refractivity (Wildman–Crippen MR) is 95.0 cm³/mol. The monoisotopic (exact) mass is 322 g/mol. The number of rotatable bonds is 2. The van der Waals surface area contributed by atoms with Crippen LogP contribution in [-0.2, 0) is 20.1 Å². The summed E-state index contributed by atoms with van der Waals surface area (Å²) in [5.41, 5.74) is 2.97. The molecule has 0 saturated heterocycles. The largest absolute Gasteiger partial charge is 0.332 e. The Hall–Kier alpha value is -2.40. The lowest BCUT2D eigenvalue weighted by molar-refractivity contribution is 0.155. The van der Waals surface area contributed by atoms with Crippen molar-refractivity contribution in [2.75, 3.05) is 6.54 Å². The SMILES string of the molecule is Cc1cn2c(n1)C(C)N(Cc1cc3ccccc3n(C)c1=O)CC2. The molecule has 5 nitrogen and oxygen atoms in total. The van der Waals surface area contributed by atoms with Gasteiger partial charge in [0.15, 0.2) is 0 Å². The van der Waals surface area contributed by atoms with Gasteiger partial charge in [-0.15, -0.1) is 0 Å². The van der Waals surface area contributed by atoms with E-state index in [1.807, 2.05) is 38.2 Å². The molecule has 5 heteroatoms. The molecule has 0 saturated carbocycles. The minimum Gasteiger partial charge on any atom is -0.332 e. The van der Waals surface area contributed by atoms with Crippen LogP contribution in [0.15, 0.2) is 41.3 Å². The minimum atomic E-state index is 0.0889. The molecule has 4 rings (SSSR count). The van der Waals surface area contributed by atoms with Crippen LogP contribution in [0, 0.1) is 6.92 Å². The van der Waals surface area contributed by atoms with Crippen molar-refractivity contribution in [3.63, 3.8) is 0 Å². The molecule has 3 heterocycles. The molecule has 0 spiro atoms. The molecular weight excluding hydrogens is 300 g/mol. The second-order valence-corrected chi connectivity index (χ2v) is 6.67. The van der Waals surface area contributed by atoms with Gasteiger partial charge >= 0.3 is 0 Å². The van der Waals surface area contributed by atoms with Crippen molar-refractivity contribution in [1.29, 1.82) is 0 Å². The van der Waals surface area contributed by atoms with Gasteiger partial charge in [0, 0.05) is 38.4 Å². The fourth-order valence-corrected chi connectivity index (χ4v) is 3.71. The zero-order chi connectivity index (χ0) is 16.8.